The smallest absolute Gasteiger partial charge is 0.120 e. The summed E-state index contributed by atoms with van der Waals surface area (Å²) in [7, 11) is 1.88. The molecule has 1 saturated heterocycles. The molecule has 2 heterocycles. The minimum absolute atomic E-state index is 0.487. The van der Waals surface area contributed by atoms with E-state index < -0.39 is 0 Å². The van der Waals surface area contributed by atoms with Gasteiger partial charge in [-0.3, -0.25) is 0 Å². The molecule has 2 rings (SSSR count). The van der Waals surface area contributed by atoms with Crippen LogP contribution in [-0.2, 0) is 18.3 Å². The standard InChI is InChI=1S/C10H13N3O/c1-13-5-8(2-10(13)3-11)4-12-9-6-14-7-9/h2,5,9,12H,4,6-7H2,1H3. The average molecular weight is 191 g/mol. The lowest BCUT2D eigenvalue weighted by Gasteiger charge is -2.26. The molecule has 0 saturated carbocycles. The number of nitriles is 1. The van der Waals surface area contributed by atoms with Crippen LogP contribution in [0.2, 0.25) is 0 Å². The zero-order chi connectivity index (χ0) is 9.97. The number of hydrogen-bond donors (Lipinski definition) is 1. The van der Waals surface area contributed by atoms with Crippen LogP contribution in [0.3, 0.4) is 0 Å². The van der Waals surface area contributed by atoms with Crippen LogP contribution in [0.5, 0.6) is 0 Å². The first-order valence-electron chi connectivity index (χ1n) is 4.66. The van der Waals surface area contributed by atoms with Crippen molar-refractivity contribution >= 4 is 0 Å². The van der Waals surface area contributed by atoms with Gasteiger partial charge >= 0.3 is 0 Å². The van der Waals surface area contributed by atoms with E-state index in [1.165, 1.54) is 0 Å². The predicted molar refractivity (Wildman–Crippen MR) is 51.6 cm³/mol. The molecule has 1 aliphatic rings. The topological polar surface area (TPSA) is 50.0 Å². The maximum absolute atomic E-state index is 8.76. The summed E-state index contributed by atoms with van der Waals surface area (Å²) in [5, 5.41) is 12.1. The van der Waals surface area contributed by atoms with Crippen LogP contribution in [0.4, 0.5) is 0 Å². The Morgan fingerprint density at radius 3 is 3.00 bits per heavy atom. The Balaban J connectivity index is 1.92. The van der Waals surface area contributed by atoms with E-state index in [1.807, 2.05) is 23.9 Å². The molecule has 0 atom stereocenters. The Hall–Kier alpha value is -1.31. The van der Waals surface area contributed by atoms with Crippen LogP contribution in [-0.4, -0.2) is 23.8 Å². The van der Waals surface area contributed by atoms with Gasteiger partial charge in [0, 0.05) is 19.8 Å². The van der Waals surface area contributed by atoms with Crippen LogP contribution in [0.25, 0.3) is 0 Å². The summed E-state index contributed by atoms with van der Waals surface area (Å²) in [6, 6.07) is 4.54. The molecule has 0 unspecified atom stereocenters. The largest absolute Gasteiger partial charge is 0.378 e. The molecule has 1 aromatic rings. The lowest BCUT2D eigenvalue weighted by Crippen LogP contribution is -2.45. The van der Waals surface area contributed by atoms with Crippen molar-refractivity contribution in [1.29, 1.82) is 5.26 Å². The Labute approximate surface area is 83.1 Å². The van der Waals surface area contributed by atoms with E-state index in [0.717, 1.165) is 25.3 Å². The van der Waals surface area contributed by atoms with E-state index in [4.69, 9.17) is 10.00 Å². The Morgan fingerprint density at radius 2 is 2.50 bits per heavy atom. The SMILES string of the molecule is Cn1cc(CNC2COC2)cc1C#N. The summed E-state index contributed by atoms with van der Waals surface area (Å²) in [6.45, 7) is 2.42. The Kier molecular flexibility index (Phi) is 2.53. The van der Waals surface area contributed by atoms with Gasteiger partial charge < -0.3 is 14.6 Å². The molecule has 74 valence electrons. The second kappa shape index (κ2) is 3.82. The molecule has 0 amide bonds. The van der Waals surface area contributed by atoms with Crippen LogP contribution in [0.15, 0.2) is 12.3 Å². The van der Waals surface area contributed by atoms with Crippen molar-refractivity contribution < 1.29 is 4.74 Å². The third kappa shape index (κ3) is 1.79. The molecule has 0 aromatic carbocycles. The molecule has 1 N–H and O–H groups in total. The number of aromatic nitrogens is 1. The molecule has 1 aliphatic heterocycles. The number of hydrogen-bond acceptors (Lipinski definition) is 3. The van der Waals surface area contributed by atoms with Crippen molar-refractivity contribution in [3.05, 3.63) is 23.5 Å². The van der Waals surface area contributed by atoms with E-state index in [1.54, 1.807) is 0 Å². The first kappa shape index (κ1) is 9.25. The maximum atomic E-state index is 8.76. The zero-order valence-electron chi connectivity index (χ0n) is 8.16. The van der Waals surface area contributed by atoms with Gasteiger partial charge in [0.05, 0.1) is 19.3 Å². The summed E-state index contributed by atoms with van der Waals surface area (Å²) >= 11 is 0. The van der Waals surface area contributed by atoms with Crippen molar-refractivity contribution in [3.63, 3.8) is 0 Å². The molecule has 4 nitrogen and oxygen atoms in total. The highest BCUT2D eigenvalue weighted by Gasteiger charge is 2.17. The van der Waals surface area contributed by atoms with E-state index >= 15 is 0 Å². The van der Waals surface area contributed by atoms with Gasteiger partial charge in [0.25, 0.3) is 0 Å². The third-order valence-corrected chi connectivity index (χ3v) is 2.41. The number of nitrogens with one attached hydrogen (secondary N) is 1. The fourth-order valence-electron chi connectivity index (χ4n) is 1.46. The molecule has 1 fully saturated rings. The van der Waals surface area contributed by atoms with Crippen LogP contribution >= 0.6 is 0 Å². The second-order valence-corrected chi connectivity index (χ2v) is 3.57. The first-order valence-corrected chi connectivity index (χ1v) is 4.66. The van der Waals surface area contributed by atoms with Gasteiger partial charge in [-0.2, -0.15) is 5.26 Å². The van der Waals surface area contributed by atoms with Crippen LogP contribution < -0.4 is 5.32 Å². The van der Waals surface area contributed by atoms with E-state index in [0.29, 0.717) is 11.7 Å². The highest BCUT2D eigenvalue weighted by Crippen LogP contribution is 2.07. The van der Waals surface area contributed by atoms with Crippen molar-refractivity contribution in [3.8, 4) is 6.07 Å². The first-order chi connectivity index (χ1) is 6.79. The van der Waals surface area contributed by atoms with E-state index in [2.05, 4.69) is 11.4 Å². The van der Waals surface area contributed by atoms with Crippen molar-refractivity contribution in [2.24, 2.45) is 7.05 Å². The quantitative estimate of drug-likeness (QED) is 0.751. The van der Waals surface area contributed by atoms with Gasteiger partial charge in [-0.25, -0.2) is 0 Å². The highest BCUT2D eigenvalue weighted by atomic mass is 16.5. The predicted octanol–water partition coefficient (Wildman–Crippen LogP) is 0.385. The minimum Gasteiger partial charge on any atom is -0.378 e. The molecular weight excluding hydrogens is 178 g/mol. The lowest BCUT2D eigenvalue weighted by molar-refractivity contribution is -0.00578. The monoisotopic (exact) mass is 191 g/mol. The summed E-state index contributed by atoms with van der Waals surface area (Å²) in [6.07, 6.45) is 1.98. The molecule has 0 radical (unpaired) electrons. The highest BCUT2D eigenvalue weighted by molar-refractivity contribution is 5.28. The number of aryl methyl sites for hydroxylation is 1. The Bertz CT molecular complexity index is 360. The van der Waals surface area contributed by atoms with Crippen molar-refractivity contribution in [2.45, 2.75) is 12.6 Å². The lowest BCUT2D eigenvalue weighted by atomic mass is 10.2. The average Bonchev–Trinajstić information content (AvgIpc) is 2.44. The fraction of sp³-hybridized carbons (Fsp3) is 0.500. The molecule has 14 heavy (non-hydrogen) atoms. The zero-order valence-corrected chi connectivity index (χ0v) is 8.16. The Morgan fingerprint density at radius 1 is 1.71 bits per heavy atom. The molecule has 0 bridgehead atoms. The second-order valence-electron chi connectivity index (χ2n) is 3.57. The minimum atomic E-state index is 0.487. The molecule has 0 aliphatic carbocycles. The van der Waals surface area contributed by atoms with Crippen molar-refractivity contribution in [1.82, 2.24) is 9.88 Å². The summed E-state index contributed by atoms with van der Waals surface area (Å²) < 4.78 is 6.89. The van der Waals surface area contributed by atoms with Crippen LogP contribution in [0.1, 0.15) is 11.3 Å². The molecule has 0 spiro atoms. The number of nitrogens with zero attached hydrogens (tertiary/aromatic N) is 2. The summed E-state index contributed by atoms with van der Waals surface area (Å²) in [4.78, 5) is 0. The van der Waals surface area contributed by atoms with Gasteiger partial charge in [-0.15, -0.1) is 0 Å². The molecule has 4 heteroatoms. The van der Waals surface area contributed by atoms with Gasteiger partial charge in [-0.05, 0) is 11.6 Å². The van der Waals surface area contributed by atoms with E-state index in [9.17, 15) is 0 Å². The van der Waals surface area contributed by atoms with Crippen molar-refractivity contribution in [2.75, 3.05) is 13.2 Å². The van der Waals surface area contributed by atoms with E-state index in [-0.39, 0.29) is 0 Å². The fourth-order valence-corrected chi connectivity index (χ4v) is 1.46. The van der Waals surface area contributed by atoms with Crippen LogP contribution in [0, 0.1) is 11.3 Å². The third-order valence-electron chi connectivity index (χ3n) is 2.41. The summed E-state index contributed by atoms with van der Waals surface area (Å²) in [5.41, 5.74) is 1.85. The maximum Gasteiger partial charge on any atom is 0.120 e. The number of ether oxygens (including phenoxy) is 1. The summed E-state index contributed by atoms with van der Waals surface area (Å²) in [5.74, 6) is 0. The molecule has 1 aromatic heterocycles. The number of rotatable bonds is 3. The normalized spacial score (nSPS) is 16.3. The van der Waals surface area contributed by atoms with Gasteiger partial charge in [-0.1, -0.05) is 0 Å². The van der Waals surface area contributed by atoms with Gasteiger partial charge in [0.2, 0.25) is 0 Å². The molecular formula is C10H13N3O. The van der Waals surface area contributed by atoms with Gasteiger partial charge in [0.15, 0.2) is 0 Å². The van der Waals surface area contributed by atoms with Gasteiger partial charge in [0.1, 0.15) is 11.8 Å².